The maximum absolute atomic E-state index is 11.0. The van der Waals surface area contributed by atoms with Crippen molar-refractivity contribution in [2.24, 2.45) is 0 Å². The van der Waals surface area contributed by atoms with Crippen LogP contribution < -0.4 is 0 Å². The predicted octanol–water partition coefficient (Wildman–Crippen LogP) is 1.95. The standard InChI is InChI=1S/C9H14N2O/c1-3-4-5-8-9(7(2)12)11-6-10-8/h6H,3-5H2,1-2H3,(H,10,11). The smallest absolute Gasteiger partial charge is 0.179 e. The number of aryl methyl sites for hydroxylation is 1. The van der Waals surface area contributed by atoms with Crippen LogP contribution in [0.25, 0.3) is 0 Å². The lowest BCUT2D eigenvalue weighted by Crippen LogP contribution is -1.98. The van der Waals surface area contributed by atoms with Crippen LogP contribution in [0.3, 0.4) is 0 Å². The first kappa shape index (κ1) is 8.97. The molecule has 0 amide bonds. The second-order valence-corrected chi connectivity index (χ2v) is 2.89. The van der Waals surface area contributed by atoms with Crippen molar-refractivity contribution in [1.29, 1.82) is 0 Å². The topological polar surface area (TPSA) is 45.8 Å². The Labute approximate surface area is 72.2 Å². The highest BCUT2D eigenvalue weighted by atomic mass is 16.1. The van der Waals surface area contributed by atoms with E-state index in [4.69, 9.17) is 0 Å². The Hall–Kier alpha value is -1.12. The van der Waals surface area contributed by atoms with Gasteiger partial charge in [-0.25, -0.2) is 4.98 Å². The van der Waals surface area contributed by atoms with E-state index in [2.05, 4.69) is 16.9 Å². The predicted molar refractivity (Wildman–Crippen MR) is 47.2 cm³/mol. The van der Waals surface area contributed by atoms with Crippen LogP contribution in [0.2, 0.25) is 0 Å². The molecule has 0 saturated carbocycles. The van der Waals surface area contributed by atoms with Gasteiger partial charge in [-0.1, -0.05) is 13.3 Å². The molecule has 1 aromatic heterocycles. The molecule has 12 heavy (non-hydrogen) atoms. The Morgan fingerprint density at radius 1 is 1.67 bits per heavy atom. The number of carbonyl (C=O) groups excluding carboxylic acids is 1. The molecule has 0 fully saturated rings. The van der Waals surface area contributed by atoms with Gasteiger partial charge in [0.15, 0.2) is 5.78 Å². The number of nitrogens with zero attached hydrogens (tertiary/aromatic N) is 1. The summed E-state index contributed by atoms with van der Waals surface area (Å²) in [5.74, 6) is 0.0438. The van der Waals surface area contributed by atoms with Crippen molar-refractivity contribution in [3.63, 3.8) is 0 Å². The van der Waals surface area contributed by atoms with Crippen LogP contribution in [0.5, 0.6) is 0 Å². The number of carbonyl (C=O) groups is 1. The maximum atomic E-state index is 11.0. The van der Waals surface area contributed by atoms with Gasteiger partial charge in [-0.2, -0.15) is 0 Å². The molecule has 3 heteroatoms. The number of Topliss-reactive ketones (excluding diaryl/α,β-unsaturated/α-hetero) is 1. The molecule has 0 unspecified atom stereocenters. The zero-order valence-electron chi connectivity index (χ0n) is 7.55. The molecule has 1 N–H and O–H groups in total. The van der Waals surface area contributed by atoms with Crippen molar-refractivity contribution in [2.45, 2.75) is 33.1 Å². The van der Waals surface area contributed by atoms with Gasteiger partial charge in [-0.05, 0) is 12.8 Å². The van der Waals surface area contributed by atoms with E-state index >= 15 is 0 Å². The van der Waals surface area contributed by atoms with E-state index in [9.17, 15) is 4.79 Å². The van der Waals surface area contributed by atoms with Gasteiger partial charge in [0.25, 0.3) is 0 Å². The molecular weight excluding hydrogens is 152 g/mol. The SMILES string of the molecule is CCCCc1[nH]cnc1C(C)=O. The minimum atomic E-state index is 0.0438. The summed E-state index contributed by atoms with van der Waals surface area (Å²) in [7, 11) is 0. The Kier molecular flexibility index (Phi) is 3.02. The number of aromatic nitrogens is 2. The largest absolute Gasteiger partial charge is 0.348 e. The number of H-pyrrole nitrogens is 1. The quantitative estimate of drug-likeness (QED) is 0.695. The first-order valence-electron chi connectivity index (χ1n) is 4.29. The maximum Gasteiger partial charge on any atom is 0.179 e. The van der Waals surface area contributed by atoms with Gasteiger partial charge >= 0.3 is 0 Å². The van der Waals surface area contributed by atoms with E-state index in [0.717, 1.165) is 25.0 Å². The number of hydrogen-bond donors (Lipinski definition) is 1. The molecule has 0 aliphatic heterocycles. The van der Waals surface area contributed by atoms with Crippen molar-refractivity contribution in [3.8, 4) is 0 Å². The molecule has 0 bridgehead atoms. The second kappa shape index (κ2) is 4.04. The number of unbranched alkanes of at least 4 members (excludes halogenated alkanes) is 1. The molecular formula is C9H14N2O. The van der Waals surface area contributed by atoms with Gasteiger partial charge in [0.1, 0.15) is 5.69 Å². The molecule has 0 radical (unpaired) electrons. The average molecular weight is 166 g/mol. The summed E-state index contributed by atoms with van der Waals surface area (Å²) in [6.45, 7) is 3.68. The Morgan fingerprint density at radius 3 is 3.00 bits per heavy atom. The van der Waals surface area contributed by atoms with E-state index in [1.54, 1.807) is 13.3 Å². The van der Waals surface area contributed by atoms with Crippen LogP contribution in [0, 0.1) is 0 Å². The summed E-state index contributed by atoms with van der Waals surface area (Å²) in [5.41, 5.74) is 1.58. The molecule has 0 aromatic carbocycles. The normalized spacial score (nSPS) is 10.2. The van der Waals surface area contributed by atoms with Gasteiger partial charge in [-0.15, -0.1) is 0 Å². The summed E-state index contributed by atoms with van der Waals surface area (Å²) in [6.07, 6.45) is 4.74. The fourth-order valence-corrected chi connectivity index (χ4v) is 1.17. The summed E-state index contributed by atoms with van der Waals surface area (Å²) < 4.78 is 0. The highest BCUT2D eigenvalue weighted by molar-refractivity contribution is 5.93. The lowest BCUT2D eigenvalue weighted by molar-refractivity contribution is 0.101. The van der Waals surface area contributed by atoms with Crippen LogP contribution in [0.1, 0.15) is 42.9 Å². The molecule has 1 aromatic rings. The number of hydrogen-bond acceptors (Lipinski definition) is 2. The van der Waals surface area contributed by atoms with Crippen molar-refractivity contribution in [1.82, 2.24) is 9.97 Å². The fraction of sp³-hybridized carbons (Fsp3) is 0.556. The van der Waals surface area contributed by atoms with Crippen molar-refractivity contribution in [2.75, 3.05) is 0 Å². The summed E-state index contributed by atoms with van der Waals surface area (Å²) in [5, 5.41) is 0. The summed E-state index contributed by atoms with van der Waals surface area (Å²) in [6, 6.07) is 0. The third-order valence-electron chi connectivity index (χ3n) is 1.83. The molecule has 3 nitrogen and oxygen atoms in total. The van der Waals surface area contributed by atoms with Crippen LogP contribution in [0.15, 0.2) is 6.33 Å². The molecule has 0 aliphatic rings. The number of ketones is 1. The zero-order chi connectivity index (χ0) is 8.97. The number of rotatable bonds is 4. The Balaban J connectivity index is 2.70. The van der Waals surface area contributed by atoms with Gasteiger partial charge in [0, 0.05) is 12.6 Å². The molecule has 1 heterocycles. The highest BCUT2D eigenvalue weighted by Crippen LogP contribution is 2.07. The van der Waals surface area contributed by atoms with E-state index in [0.29, 0.717) is 5.69 Å². The molecule has 0 spiro atoms. The van der Waals surface area contributed by atoms with Crippen molar-refractivity contribution >= 4 is 5.78 Å². The lowest BCUT2D eigenvalue weighted by atomic mass is 10.1. The third kappa shape index (κ3) is 1.94. The average Bonchev–Trinajstić information content (AvgIpc) is 2.48. The van der Waals surface area contributed by atoms with E-state index < -0.39 is 0 Å². The minimum absolute atomic E-state index is 0.0438. The number of nitrogens with one attached hydrogen (secondary N) is 1. The Bertz CT molecular complexity index is 265. The van der Waals surface area contributed by atoms with Crippen LogP contribution in [0.4, 0.5) is 0 Å². The number of imidazole rings is 1. The van der Waals surface area contributed by atoms with Gasteiger partial charge in [0.2, 0.25) is 0 Å². The number of aromatic amines is 1. The van der Waals surface area contributed by atoms with Gasteiger partial charge in [-0.3, -0.25) is 4.79 Å². The summed E-state index contributed by atoms with van der Waals surface area (Å²) in [4.78, 5) is 18.0. The first-order valence-corrected chi connectivity index (χ1v) is 4.29. The Morgan fingerprint density at radius 2 is 2.42 bits per heavy atom. The second-order valence-electron chi connectivity index (χ2n) is 2.89. The zero-order valence-corrected chi connectivity index (χ0v) is 7.55. The third-order valence-corrected chi connectivity index (χ3v) is 1.83. The van der Waals surface area contributed by atoms with E-state index in [1.807, 2.05) is 0 Å². The first-order chi connectivity index (χ1) is 5.75. The van der Waals surface area contributed by atoms with Crippen LogP contribution in [-0.2, 0) is 6.42 Å². The van der Waals surface area contributed by atoms with Crippen molar-refractivity contribution in [3.05, 3.63) is 17.7 Å². The fourth-order valence-electron chi connectivity index (χ4n) is 1.17. The van der Waals surface area contributed by atoms with Gasteiger partial charge < -0.3 is 4.98 Å². The molecule has 1 rings (SSSR count). The van der Waals surface area contributed by atoms with E-state index in [-0.39, 0.29) is 5.78 Å². The highest BCUT2D eigenvalue weighted by Gasteiger charge is 2.08. The molecule has 0 aliphatic carbocycles. The van der Waals surface area contributed by atoms with Crippen molar-refractivity contribution < 1.29 is 4.79 Å². The molecule has 0 saturated heterocycles. The van der Waals surface area contributed by atoms with Crippen LogP contribution >= 0.6 is 0 Å². The monoisotopic (exact) mass is 166 g/mol. The summed E-state index contributed by atoms with van der Waals surface area (Å²) >= 11 is 0. The van der Waals surface area contributed by atoms with Crippen LogP contribution in [-0.4, -0.2) is 15.8 Å². The van der Waals surface area contributed by atoms with Gasteiger partial charge in [0.05, 0.1) is 6.33 Å². The van der Waals surface area contributed by atoms with E-state index in [1.165, 1.54) is 0 Å². The molecule has 66 valence electrons. The minimum Gasteiger partial charge on any atom is -0.348 e. The molecule has 0 atom stereocenters. The lowest BCUT2D eigenvalue weighted by Gasteiger charge is -1.96.